The van der Waals surface area contributed by atoms with E-state index in [0.717, 1.165) is 0 Å². The summed E-state index contributed by atoms with van der Waals surface area (Å²) in [6.45, 7) is 1.99. The molecule has 1 aromatic rings. The van der Waals surface area contributed by atoms with Crippen molar-refractivity contribution in [3.05, 3.63) is 35.4 Å². The van der Waals surface area contributed by atoms with Gasteiger partial charge in [-0.25, -0.2) is 13.1 Å². The molecule has 5 nitrogen and oxygen atoms in total. The van der Waals surface area contributed by atoms with Crippen molar-refractivity contribution in [3.8, 4) is 6.07 Å². The summed E-state index contributed by atoms with van der Waals surface area (Å²) in [6, 6.07) is 8.44. The van der Waals surface area contributed by atoms with Crippen LogP contribution in [-0.2, 0) is 15.8 Å². The molecule has 0 spiro atoms. The van der Waals surface area contributed by atoms with Gasteiger partial charge in [-0.05, 0) is 37.5 Å². The van der Waals surface area contributed by atoms with Gasteiger partial charge < -0.3 is 5.11 Å². The molecule has 0 heterocycles. The van der Waals surface area contributed by atoms with Crippen molar-refractivity contribution in [1.29, 1.82) is 5.26 Å². The standard InChI is InChI=1S/C13H18N2O3S/c1-11(16)3-2-8-15-19(17,18)10-13-6-4-12(9-14)5-7-13/h4-7,11,15-16H,2-3,8,10H2,1H3. The largest absolute Gasteiger partial charge is 0.393 e. The number of rotatable bonds is 7. The maximum absolute atomic E-state index is 11.8. The highest BCUT2D eigenvalue weighted by Crippen LogP contribution is 2.07. The molecule has 0 amide bonds. The first kappa shape index (κ1) is 15.6. The van der Waals surface area contributed by atoms with Crippen LogP contribution in [0, 0.1) is 11.3 Å². The molecule has 0 saturated heterocycles. The van der Waals surface area contributed by atoms with Crippen LogP contribution in [0.2, 0.25) is 0 Å². The summed E-state index contributed by atoms with van der Waals surface area (Å²) in [6.07, 6.45) is 0.756. The van der Waals surface area contributed by atoms with Crippen molar-refractivity contribution < 1.29 is 13.5 Å². The van der Waals surface area contributed by atoms with Crippen LogP contribution in [0.15, 0.2) is 24.3 Å². The minimum atomic E-state index is -3.37. The van der Waals surface area contributed by atoms with Crippen molar-refractivity contribution in [2.75, 3.05) is 6.54 Å². The average molecular weight is 282 g/mol. The number of hydrogen-bond acceptors (Lipinski definition) is 4. The van der Waals surface area contributed by atoms with Gasteiger partial charge in [0.1, 0.15) is 0 Å². The van der Waals surface area contributed by atoms with Crippen LogP contribution in [0.25, 0.3) is 0 Å². The van der Waals surface area contributed by atoms with Crippen LogP contribution in [0.3, 0.4) is 0 Å². The first-order chi connectivity index (χ1) is 8.93. The molecule has 0 bridgehead atoms. The highest BCUT2D eigenvalue weighted by atomic mass is 32.2. The minimum absolute atomic E-state index is 0.104. The fraction of sp³-hybridized carbons (Fsp3) is 0.462. The molecular formula is C13H18N2O3S. The second-order valence-electron chi connectivity index (χ2n) is 4.45. The van der Waals surface area contributed by atoms with Gasteiger partial charge in [0.25, 0.3) is 0 Å². The molecule has 0 aliphatic rings. The van der Waals surface area contributed by atoms with Gasteiger partial charge in [0, 0.05) is 6.54 Å². The topological polar surface area (TPSA) is 90.2 Å². The lowest BCUT2D eigenvalue weighted by Gasteiger charge is -2.07. The van der Waals surface area contributed by atoms with Gasteiger partial charge in [-0.2, -0.15) is 5.26 Å². The van der Waals surface area contributed by atoms with Gasteiger partial charge in [0.15, 0.2) is 0 Å². The quantitative estimate of drug-likeness (QED) is 0.734. The van der Waals surface area contributed by atoms with Crippen LogP contribution in [0.5, 0.6) is 0 Å². The van der Waals surface area contributed by atoms with Gasteiger partial charge >= 0.3 is 0 Å². The maximum Gasteiger partial charge on any atom is 0.215 e. The fourth-order valence-corrected chi connectivity index (χ4v) is 2.76. The van der Waals surface area contributed by atoms with Crippen LogP contribution in [0.4, 0.5) is 0 Å². The molecule has 0 fully saturated rings. The van der Waals surface area contributed by atoms with E-state index in [1.165, 1.54) is 0 Å². The van der Waals surface area contributed by atoms with E-state index in [4.69, 9.17) is 10.4 Å². The number of aliphatic hydroxyl groups excluding tert-OH is 1. The van der Waals surface area contributed by atoms with Crippen molar-refractivity contribution >= 4 is 10.0 Å². The van der Waals surface area contributed by atoms with E-state index < -0.39 is 16.1 Å². The Hall–Kier alpha value is -1.42. The molecular weight excluding hydrogens is 264 g/mol. The molecule has 1 unspecified atom stereocenters. The zero-order chi connectivity index (χ0) is 14.3. The van der Waals surface area contributed by atoms with Crippen molar-refractivity contribution in [3.63, 3.8) is 0 Å². The van der Waals surface area contributed by atoms with E-state index in [2.05, 4.69) is 4.72 Å². The van der Waals surface area contributed by atoms with E-state index in [-0.39, 0.29) is 5.75 Å². The van der Waals surface area contributed by atoms with Crippen LogP contribution in [0.1, 0.15) is 30.9 Å². The Morgan fingerprint density at radius 1 is 1.37 bits per heavy atom. The van der Waals surface area contributed by atoms with Gasteiger partial charge in [-0.1, -0.05) is 12.1 Å². The van der Waals surface area contributed by atoms with Crippen molar-refractivity contribution in [1.82, 2.24) is 4.72 Å². The zero-order valence-electron chi connectivity index (χ0n) is 10.8. The first-order valence-electron chi connectivity index (χ1n) is 6.07. The number of nitrogens with zero attached hydrogens (tertiary/aromatic N) is 1. The lowest BCUT2D eigenvalue weighted by molar-refractivity contribution is 0.182. The van der Waals surface area contributed by atoms with Crippen LogP contribution >= 0.6 is 0 Å². The molecule has 0 radical (unpaired) electrons. The lowest BCUT2D eigenvalue weighted by atomic mass is 10.2. The Bertz CT molecular complexity index is 530. The minimum Gasteiger partial charge on any atom is -0.393 e. The van der Waals surface area contributed by atoms with E-state index in [1.807, 2.05) is 6.07 Å². The Morgan fingerprint density at radius 3 is 2.53 bits per heavy atom. The third kappa shape index (κ3) is 6.34. The van der Waals surface area contributed by atoms with Crippen LogP contribution < -0.4 is 4.72 Å². The third-order valence-electron chi connectivity index (χ3n) is 2.56. The number of nitrogens with one attached hydrogen (secondary N) is 1. The summed E-state index contributed by atoms with van der Waals surface area (Å²) >= 11 is 0. The molecule has 0 saturated carbocycles. The maximum atomic E-state index is 11.8. The third-order valence-corrected chi connectivity index (χ3v) is 3.92. The van der Waals surface area contributed by atoms with Crippen molar-refractivity contribution in [2.24, 2.45) is 0 Å². The van der Waals surface area contributed by atoms with E-state index in [0.29, 0.717) is 30.5 Å². The molecule has 1 rings (SSSR count). The first-order valence-corrected chi connectivity index (χ1v) is 7.72. The molecule has 19 heavy (non-hydrogen) atoms. The number of sulfonamides is 1. The van der Waals surface area contributed by atoms with Crippen molar-refractivity contribution in [2.45, 2.75) is 31.6 Å². The van der Waals surface area contributed by atoms with Gasteiger partial charge in [-0.3, -0.25) is 0 Å². The molecule has 0 aromatic heterocycles. The van der Waals surface area contributed by atoms with Gasteiger partial charge in [0.2, 0.25) is 10.0 Å². The second-order valence-corrected chi connectivity index (χ2v) is 6.26. The predicted molar refractivity (Wildman–Crippen MR) is 72.7 cm³/mol. The van der Waals surface area contributed by atoms with Gasteiger partial charge in [0.05, 0.1) is 23.5 Å². The number of benzene rings is 1. The number of hydrogen-bond donors (Lipinski definition) is 2. The van der Waals surface area contributed by atoms with Crippen LogP contribution in [-0.4, -0.2) is 26.2 Å². The summed E-state index contributed by atoms with van der Waals surface area (Å²) in [7, 11) is -3.37. The highest BCUT2D eigenvalue weighted by Gasteiger charge is 2.10. The highest BCUT2D eigenvalue weighted by molar-refractivity contribution is 7.88. The SMILES string of the molecule is CC(O)CCCNS(=O)(=O)Cc1ccc(C#N)cc1. The average Bonchev–Trinajstić information content (AvgIpc) is 2.35. The molecule has 104 valence electrons. The fourth-order valence-electron chi connectivity index (χ4n) is 1.57. The lowest BCUT2D eigenvalue weighted by Crippen LogP contribution is -2.26. The Morgan fingerprint density at radius 2 is 2.00 bits per heavy atom. The van der Waals surface area contributed by atoms with E-state index in [9.17, 15) is 8.42 Å². The normalized spacial score (nSPS) is 12.9. The zero-order valence-corrected chi connectivity index (χ0v) is 11.7. The van der Waals surface area contributed by atoms with Gasteiger partial charge in [-0.15, -0.1) is 0 Å². The molecule has 1 atom stereocenters. The van der Waals surface area contributed by atoms with E-state index >= 15 is 0 Å². The molecule has 0 aliphatic carbocycles. The molecule has 0 aliphatic heterocycles. The number of aliphatic hydroxyl groups is 1. The summed E-state index contributed by atoms with van der Waals surface area (Å²) in [5.74, 6) is -0.104. The molecule has 6 heteroatoms. The smallest absolute Gasteiger partial charge is 0.215 e. The summed E-state index contributed by atoms with van der Waals surface area (Å²) in [4.78, 5) is 0. The second kappa shape index (κ2) is 7.24. The Labute approximate surface area is 113 Å². The summed E-state index contributed by atoms with van der Waals surface area (Å²) < 4.78 is 26.0. The Kier molecular flexibility index (Phi) is 5.96. The molecule has 2 N–H and O–H groups in total. The summed E-state index contributed by atoms with van der Waals surface area (Å²) in [5.41, 5.74) is 1.15. The number of nitriles is 1. The summed E-state index contributed by atoms with van der Waals surface area (Å²) in [5, 5.41) is 17.7. The Balaban J connectivity index is 2.47. The monoisotopic (exact) mass is 282 g/mol. The predicted octanol–water partition coefficient (Wildman–Crippen LogP) is 1.14. The molecule has 1 aromatic carbocycles. The van der Waals surface area contributed by atoms with E-state index in [1.54, 1.807) is 31.2 Å².